The Balaban J connectivity index is 0.00000242. The molecule has 0 fully saturated rings. The number of carbonyl (C=O) groups is 1. The van der Waals surface area contributed by atoms with Crippen LogP contribution in [0.4, 0.5) is 5.69 Å². The van der Waals surface area contributed by atoms with Crippen LogP contribution in [0.5, 0.6) is 0 Å². The lowest BCUT2D eigenvalue weighted by Gasteiger charge is -2.07. The molecule has 4 nitrogen and oxygen atoms in total. The maximum atomic E-state index is 11.6. The summed E-state index contributed by atoms with van der Waals surface area (Å²) in [4.78, 5) is 11.6. The van der Waals surface area contributed by atoms with Gasteiger partial charge in [0.15, 0.2) is 0 Å². The zero-order valence-corrected chi connectivity index (χ0v) is 13.1. The fourth-order valence-electron chi connectivity index (χ4n) is 1.81. The summed E-state index contributed by atoms with van der Waals surface area (Å²) in [6.07, 6.45) is 0.236. The van der Waals surface area contributed by atoms with E-state index in [1.807, 2.05) is 54.6 Å². The normalized spacial score (nSPS) is 9.82. The summed E-state index contributed by atoms with van der Waals surface area (Å²) in [6, 6.07) is 17.1. The molecule has 2 aromatic carbocycles. The molecule has 2 aromatic rings. The number of ether oxygens (including phenoxy) is 2. The molecule has 0 aromatic heterocycles. The molecule has 2 N–H and O–H groups in total. The van der Waals surface area contributed by atoms with E-state index in [9.17, 15) is 4.79 Å². The molecular weight excluding hydrogens is 302 g/mol. The van der Waals surface area contributed by atoms with Crippen molar-refractivity contribution in [1.29, 1.82) is 0 Å². The molecule has 0 saturated carbocycles. The lowest BCUT2D eigenvalue weighted by Crippen LogP contribution is -2.09. The molecular formula is C17H20ClNO3. The molecule has 5 heteroatoms. The van der Waals surface area contributed by atoms with Crippen molar-refractivity contribution in [2.24, 2.45) is 0 Å². The van der Waals surface area contributed by atoms with Crippen molar-refractivity contribution in [1.82, 2.24) is 0 Å². The smallest absolute Gasteiger partial charge is 0.308 e. The van der Waals surface area contributed by atoms with Gasteiger partial charge in [0.1, 0.15) is 6.61 Å². The number of halogens is 1. The maximum Gasteiger partial charge on any atom is 0.308 e. The fourth-order valence-corrected chi connectivity index (χ4v) is 1.81. The van der Waals surface area contributed by atoms with Crippen LogP contribution in [0.3, 0.4) is 0 Å². The first-order valence-corrected chi connectivity index (χ1v) is 6.86. The zero-order valence-electron chi connectivity index (χ0n) is 12.2. The van der Waals surface area contributed by atoms with Gasteiger partial charge in [0.2, 0.25) is 0 Å². The van der Waals surface area contributed by atoms with E-state index in [0.29, 0.717) is 25.5 Å². The van der Waals surface area contributed by atoms with Crippen LogP contribution < -0.4 is 5.73 Å². The van der Waals surface area contributed by atoms with Crippen molar-refractivity contribution in [3.05, 3.63) is 65.7 Å². The van der Waals surface area contributed by atoms with Crippen molar-refractivity contribution < 1.29 is 14.3 Å². The highest BCUT2D eigenvalue weighted by Gasteiger charge is 2.04. The van der Waals surface area contributed by atoms with E-state index in [4.69, 9.17) is 15.2 Å². The summed E-state index contributed by atoms with van der Waals surface area (Å²) in [5, 5.41) is 0. The van der Waals surface area contributed by atoms with Crippen molar-refractivity contribution in [2.75, 3.05) is 12.3 Å². The van der Waals surface area contributed by atoms with Gasteiger partial charge in [-0.2, -0.15) is 0 Å². The molecule has 0 bridgehead atoms. The van der Waals surface area contributed by atoms with Gasteiger partial charge in [-0.3, -0.25) is 4.79 Å². The van der Waals surface area contributed by atoms with E-state index in [1.165, 1.54) is 0 Å². The minimum atomic E-state index is -0.264. The average Bonchev–Trinajstić information content (AvgIpc) is 2.52. The summed E-state index contributed by atoms with van der Waals surface area (Å²) >= 11 is 0. The van der Waals surface area contributed by atoms with E-state index in [1.54, 1.807) is 0 Å². The molecule has 0 amide bonds. The first-order chi connectivity index (χ1) is 10.3. The lowest BCUT2D eigenvalue weighted by atomic mass is 10.2. The molecule has 0 spiro atoms. The van der Waals surface area contributed by atoms with Gasteiger partial charge >= 0.3 is 5.97 Å². The fraction of sp³-hybridized carbons (Fsp3) is 0.235. The molecule has 0 unspecified atom stereocenters. The van der Waals surface area contributed by atoms with Gasteiger partial charge < -0.3 is 15.2 Å². The van der Waals surface area contributed by atoms with Crippen molar-refractivity contribution in [3.8, 4) is 0 Å². The highest BCUT2D eigenvalue weighted by molar-refractivity contribution is 5.85. The molecule has 0 heterocycles. The minimum Gasteiger partial charge on any atom is -0.461 e. The first kappa shape index (κ1) is 18.0. The van der Waals surface area contributed by atoms with Gasteiger partial charge in [-0.25, -0.2) is 0 Å². The monoisotopic (exact) mass is 321 g/mol. The Kier molecular flexibility index (Phi) is 8.04. The zero-order chi connectivity index (χ0) is 14.9. The Hall–Kier alpha value is -2.04. The second kappa shape index (κ2) is 9.82. The van der Waals surface area contributed by atoms with Crippen LogP contribution in [-0.2, 0) is 27.5 Å². The van der Waals surface area contributed by atoms with Gasteiger partial charge in [-0.05, 0) is 11.6 Å². The van der Waals surface area contributed by atoms with Crippen LogP contribution in [0.2, 0.25) is 0 Å². The van der Waals surface area contributed by atoms with Crippen LogP contribution in [0.15, 0.2) is 54.6 Å². The number of rotatable bonds is 7. The molecule has 2 rings (SSSR count). The number of carbonyl (C=O) groups excluding carboxylic acids is 1. The third-order valence-corrected chi connectivity index (χ3v) is 3.01. The Morgan fingerprint density at radius 2 is 1.64 bits per heavy atom. The molecule has 22 heavy (non-hydrogen) atoms. The van der Waals surface area contributed by atoms with Crippen LogP contribution in [0.1, 0.15) is 17.5 Å². The number of anilines is 1. The number of esters is 1. The Morgan fingerprint density at radius 1 is 0.955 bits per heavy atom. The number of nitrogen functional groups attached to an aromatic ring is 1. The van der Waals surface area contributed by atoms with Gasteiger partial charge in [0, 0.05) is 11.3 Å². The minimum absolute atomic E-state index is 0. The molecule has 0 radical (unpaired) electrons. The second-order valence-corrected chi connectivity index (χ2v) is 4.65. The maximum absolute atomic E-state index is 11.6. The molecule has 0 aliphatic rings. The van der Waals surface area contributed by atoms with Crippen LogP contribution in [-0.4, -0.2) is 12.6 Å². The molecule has 0 aliphatic heterocycles. The van der Waals surface area contributed by atoms with Gasteiger partial charge in [-0.15, -0.1) is 12.4 Å². The second-order valence-electron chi connectivity index (χ2n) is 4.65. The first-order valence-electron chi connectivity index (χ1n) is 6.86. The van der Waals surface area contributed by atoms with E-state index in [-0.39, 0.29) is 24.8 Å². The highest BCUT2D eigenvalue weighted by Crippen LogP contribution is 2.11. The van der Waals surface area contributed by atoms with Crippen LogP contribution in [0, 0.1) is 0 Å². The number of benzene rings is 2. The SMILES string of the molecule is Cl.Nc1ccccc1COCCC(=O)OCc1ccccc1. The van der Waals surface area contributed by atoms with E-state index < -0.39 is 0 Å². The Bertz CT molecular complexity index is 575. The van der Waals surface area contributed by atoms with E-state index >= 15 is 0 Å². The van der Waals surface area contributed by atoms with E-state index in [2.05, 4.69) is 0 Å². The lowest BCUT2D eigenvalue weighted by molar-refractivity contribution is -0.146. The number of hydrogen-bond acceptors (Lipinski definition) is 4. The van der Waals surface area contributed by atoms with Crippen molar-refractivity contribution in [2.45, 2.75) is 19.6 Å². The van der Waals surface area contributed by atoms with Crippen molar-refractivity contribution >= 4 is 24.1 Å². The standard InChI is InChI=1S/C17H19NO3.ClH/c18-16-9-5-4-8-15(16)13-20-11-10-17(19)21-12-14-6-2-1-3-7-14;/h1-9H,10-13,18H2;1H. The highest BCUT2D eigenvalue weighted by atomic mass is 35.5. The summed E-state index contributed by atoms with van der Waals surface area (Å²) in [7, 11) is 0. The summed E-state index contributed by atoms with van der Waals surface area (Å²) in [5.74, 6) is -0.264. The summed E-state index contributed by atoms with van der Waals surface area (Å²) in [6.45, 7) is 1.02. The van der Waals surface area contributed by atoms with Crippen molar-refractivity contribution in [3.63, 3.8) is 0 Å². The molecule has 0 saturated heterocycles. The van der Waals surface area contributed by atoms with Crippen LogP contribution >= 0.6 is 12.4 Å². The number of hydrogen-bond donors (Lipinski definition) is 1. The predicted molar refractivity (Wildman–Crippen MR) is 88.6 cm³/mol. The van der Waals surface area contributed by atoms with Gasteiger partial charge in [0.05, 0.1) is 19.6 Å². The Morgan fingerprint density at radius 3 is 2.36 bits per heavy atom. The number of para-hydroxylation sites is 1. The molecule has 0 atom stereocenters. The quantitative estimate of drug-likeness (QED) is 0.482. The van der Waals surface area contributed by atoms with Gasteiger partial charge in [0.25, 0.3) is 0 Å². The van der Waals surface area contributed by atoms with Gasteiger partial charge in [-0.1, -0.05) is 48.5 Å². The summed E-state index contributed by atoms with van der Waals surface area (Å²) in [5.41, 5.74) is 8.40. The van der Waals surface area contributed by atoms with Crippen LogP contribution in [0.25, 0.3) is 0 Å². The molecule has 118 valence electrons. The Labute approximate surface area is 136 Å². The van der Waals surface area contributed by atoms with E-state index in [0.717, 1.165) is 11.1 Å². The largest absolute Gasteiger partial charge is 0.461 e. The topological polar surface area (TPSA) is 61.5 Å². The number of nitrogens with two attached hydrogens (primary N) is 1. The summed E-state index contributed by atoms with van der Waals surface area (Å²) < 4.78 is 10.6. The molecule has 0 aliphatic carbocycles. The predicted octanol–water partition coefficient (Wildman–Crippen LogP) is 3.34. The third-order valence-electron chi connectivity index (χ3n) is 3.01. The average molecular weight is 322 g/mol. The third kappa shape index (κ3) is 6.16.